The Morgan fingerprint density at radius 2 is 2.00 bits per heavy atom. The summed E-state index contributed by atoms with van der Waals surface area (Å²) in [6.45, 7) is 0.430. The summed E-state index contributed by atoms with van der Waals surface area (Å²) in [5.41, 5.74) is 3.03. The van der Waals surface area contributed by atoms with Crippen LogP contribution in [0.25, 0.3) is 0 Å². The fourth-order valence-corrected chi connectivity index (χ4v) is 2.10. The second kappa shape index (κ2) is 9.00. The summed E-state index contributed by atoms with van der Waals surface area (Å²) in [6.07, 6.45) is 4.61. The molecule has 0 aliphatic heterocycles. The quantitative estimate of drug-likeness (QED) is 0.570. The first-order valence-corrected chi connectivity index (χ1v) is 7.42. The van der Waals surface area contributed by atoms with Gasteiger partial charge in [-0.25, -0.2) is 9.87 Å². The average molecular weight is 305 g/mol. The van der Waals surface area contributed by atoms with Crippen LogP contribution in [0.4, 0.5) is 4.39 Å². The Labute approximate surface area is 129 Å². The van der Waals surface area contributed by atoms with E-state index < -0.39 is 0 Å². The van der Waals surface area contributed by atoms with E-state index >= 15 is 0 Å². The van der Waals surface area contributed by atoms with Gasteiger partial charge in [0.05, 0.1) is 12.9 Å². The fourth-order valence-electron chi connectivity index (χ4n) is 2.10. The minimum Gasteiger partial charge on any atom is -0.469 e. The molecule has 2 rings (SSSR count). The third-order valence-corrected chi connectivity index (χ3v) is 3.24. The van der Waals surface area contributed by atoms with Crippen LogP contribution in [-0.2, 0) is 22.5 Å². The maximum atomic E-state index is 13.4. The van der Waals surface area contributed by atoms with Gasteiger partial charge in [0.1, 0.15) is 11.6 Å². The summed E-state index contributed by atoms with van der Waals surface area (Å²) >= 11 is 0. The third kappa shape index (κ3) is 5.69. The van der Waals surface area contributed by atoms with Crippen molar-refractivity contribution in [3.8, 4) is 0 Å². The predicted octanol–water partition coefficient (Wildman–Crippen LogP) is 3.42. The van der Waals surface area contributed by atoms with E-state index in [1.165, 1.54) is 6.07 Å². The summed E-state index contributed by atoms with van der Waals surface area (Å²) in [6, 6.07) is 10.4. The molecule has 1 aromatic heterocycles. The average Bonchev–Trinajstić information content (AvgIpc) is 3.02. The molecule has 118 valence electrons. The zero-order valence-corrected chi connectivity index (χ0v) is 12.4. The van der Waals surface area contributed by atoms with Crippen LogP contribution in [0.15, 0.2) is 47.1 Å². The summed E-state index contributed by atoms with van der Waals surface area (Å²) in [5.74, 6) is 0.492. The number of furan rings is 1. The second-order valence-electron chi connectivity index (χ2n) is 5.00. The van der Waals surface area contributed by atoms with E-state index in [0.29, 0.717) is 31.4 Å². The number of benzene rings is 1. The van der Waals surface area contributed by atoms with Gasteiger partial charge < -0.3 is 4.42 Å². The highest BCUT2D eigenvalue weighted by Crippen LogP contribution is 2.10. The Morgan fingerprint density at radius 3 is 2.77 bits per heavy atom. The first-order valence-electron chi connectivity index (χ1n) is 7.42. The molecular formula is C17H20FNO3. The molecule has 1 heterocycles. The van der Waals surface area contributed by atoms with Gasteiger partial charge in [-0.2, -0.15) is 0 Å². The number of amides is 1. The molecule has 0 fully saturated rings. The minimum absolute atomic E-state index is 0.186. The molecule has 0 atom stereocenters. The largest absolute Gasteiger partial charge is 0.469 e. The van der Waals surface area contributed by atoms with Gasteiger partial charge in [0.15, 0.2) is 0 Å². The standard InChI is InChI=1S/C17H20FNO3/c18-16-10-2-1-6-14(16)7-3-11-17(20)19-22-13-5-9-15-8-4-12-21-15/h1-2,4,6,8,10,12H,3,5,7,9,11,13H2,(H,19,20). The normalized spacial score (nSPS) is 10.6. The lowest BCUT2D eigenvalue weighted by Gasteiger charge is -2.06. The lowest BCUT2D eigenvalue weighted by Crippen LogP contribution is -2.24. The molecule has 5 heteroatoms. The summed E-state index contributed by atoms with van der Waals surface area (Å²) in [5, 5.41) is 0. The van der Waals surface area contributed by atoms with Gasteiger partial charge in [-0.15, -0.1) is 0 Å². The monoisotopic (exact) mass is 305 g/mol. The second-order valence-corrected chi connectivity index (χ2v) is 5.00. The molecule has 0 radical (unpaired) electrons. The van der Waals surface area contributed by atoms with E-state index in [1.807, 2.05) is 12.1 Å². The number of carbonyl (C=O) groups excluding carboxylic acids is 1. The topological polar surface area (TPSA) is 51.5 Å². The lowest BCUT2D eigenvalue weighted by atomic mass is 10.1. The number of aryl methyl sites for hydroxylation is 2. The smallest absolute Gasteiger partial charge is 0.243 e. The van der Waals surface area contributed by atoms with Crippen LogP contribution in [0, 0.1) is 5.82 Å². The summed E-state index contributed by atoms with van der Waals surface area (Å²) in [4.78, 5) is 16.7. The van der Waals surface area contributed by atoms with Crippen LogP contribution < -0.4 is 5.48 Å². The Bertz CT molecular complexity index is 569. The van der Waals surface area contributed by atoms with Crippen LogP contribution in [0.5, 0.6) is 0 Å². The summed E-state index contributed by atoms with van der Waals surface area (Å²) < 4.78 is 18.6. The zero-order chi connectivity index (χ0) is 15.6. The van der Waals surface area contributed by atoms with Crippen molar-refractivity contribution in [3.05, 3.63) is 59.8 Å². The van der Waals surface area contributed by atoms with Crippen LogP contribution in [0.1, 0.15) is 30.6 Å². The molecule has 0 spiro atoms. The Morgan fingerprint density at radius 1 is 1.14 bits per heavy atom. The van der Waals surface area contributed by atoms with E-state index in [2.05, 4.69) is 5.48 Å². The maximum Gasteiger partial charge on any atom is 0.243 e. The van der Waals surface area contributed by atoms with Gasteiger partial charge in [0.25, 0.3) is 0 Å². The first kappa shape index (κ1) is 16.2. The molecule has 4 nitrogen and oxygen atoms in total. The van der Waals surface area contributed by atoms with Gasteiger partial charge in [-0.1, -0.05) is 18.2 Å². The predicted molar refractivity (Wildman–Crippen MR) is 80.5 cm³/mol. The van der Waals surface area contributed by atoms with Crippen molar-refractivity contribution in [2.75, 3.05) is 6.61 Å². The van der Waals surface area contributed by atoms with Gasteiger partial charge >= 0.3 is 0 Å². The number of hydrogen-bond donors (Lipinski definition) is 1. The maximum absolute atomic E-state index is 13.4. The molecule has 1 aromatic carbocycles. The van der Waals surface area contributed by atoms with Crippen molar-refractivity contribution in [1.82, 2.24) is 5.48 Å². The molecule has 22 heavy (non-hydrogen) atoms. The van der Waals surface area contributed by atoms with Crippen LogP contribution in [0.2, 0.25) is 0 Å². The number of hydrogen-bond acceptors (Lipinski definition) is 3. The molecule has 0 unspecified atom stereocenters. The van der Waals surface area contributed by atoms with E-state index in [-0.39, 0.29) is 11.7 Å². The van der Waals surface area contributed by atoms with Gasteiger partial charge in [0.2, 0.25) is 5.91 Å². The molecule has 0 saturated heterocycles. The molecule has 0 aliphatic carbocycles. The van der Waals surface area contributed by atoms with Crippen molar-refractivity contribution in [3.63, 3.8) is 0 Å². The third-order valence-electron chi connectivity index (χ3n) is 3.24. The zero-order valence-electron chi connectivity index (χ0n) is 12.4. The SMILES string of the molecule is O=C(CCCc1ccccc1F)NOCCCc1ccco1. The highest BCUT2D eigenvalue weighted by atomic mass is 19.1. The Kier molecular flexibility index (Phi) is 6.64. The molecule has 0 aliphatic rings. The number of carbonyl (C=O) groups is 1. The highest BCUT2D eigenvalue weighted by molar-refractivity contribution is 5.74. The van der Waals surface area contributed by atoms with Crippen LogP contribution in [0.3, 0.4) is 0 Å². The summed E-state index contributed by atoms with van der Waals surface area (Å²) in [7, 11) is 0. The minimum atomic E-state index is -0.225. The first-order chi connectivity index (χ1) is 10.8. The van der Waals surface area contributed by atoms with Gasteiger partial charge in [-0.3, -0.25) is 9.63 Å². The van der Waals surface area contributed by atoms with E-state index in [4.69, 9.17) is 9.25 Å². The highest BCUT2D eigenvalue weighted by Gasteiger charge is 2.04. The van der Waals surface area contributed by atoms with Crippen molar-refractivity contribution in [2.24, 2.45) is 0 Å². The molecular weight excluding hydrogens is 285 g/mol. The van der Waals surface area contributed by atoms with E-state index in [0.717, 1.165) is 18.6 Å². The number of hydroxylamine groups is 1. The van der Waals surface area contributed by atoms with Gasteiger partial charge in [-0.05, 0) is 43.0 Å². The molecule has 1 amide bonds. The van der Waals surface area contributed by atoms with Gasteiger partial charge in [0, 0.05) is 12.8 Å². The number of halogens is 1. The molecule has 2 aromatic rings. The molecule has 0 bridgehead atoms. The molecule has 1 N–H and O–H groups in total. The van der Waals surface area contributed by atoms with Crippen LogP contribution in [-0.4, -0.2) is 12.5 Å². The van der Waals surface area contributed by atoms with Crippen molar-refractivity contribution >= 4 is 5.91 Å². The van der Waals surface area contributed by atoms with Crippen molar-refractivity contribution in [2.45, 2.75) is 32.1 Å². The van der Waals surface area contributed by atoms with Crippen molar-refractivity contribution < 1.29 is 18.4 Å². The van der Waals surface area contributed by atoms with Crippen molar-refractivity contribution in [1.29, 1.82) is 0 Å². The number of nitrogens with one attached hydrogen (secondary N) is 1. The molecule has 0 saturated carbocycles. The fraction of sp³-hybridized carbons (Fsp3) is 0.353. The van der Waals surface area contributed by atoms with E-state index in [1.54, 1.807) is 24.5 Å². The number of rotatable bonds is 9. The Balaban J connectivity index is 1.52. The lowest BCUT2D eigenvalue weighted by molar-refractivity contribution is -0.133. The Hall–Kier alpha value is -2.14. The van der Waals surface area contributed by atoms with E-state index in [9.17, 15) is 9.18 Å². The van der Waals surface area contributed by atoms with Crippen LogP contribution >= 0.6 is 0 Å².